The minimum atomic E-state index is -0.272. The molecule has 0 bridgehead atoms. The molecule has 6 heteroatoms. The Bertz CT molecular complexity index is 365. The summed E-state index contributed by atoms with van der Waals surface area (Å²) in [6, 6.07) is -0.299. The number of hydrogen-bond donors (Lipinski definition) is 3. The summed E-state index contributed by atoms with van der Waals surface area (Å²) in [4.78, 5) is 15.8. The number of nitrogens with one attached hydrogen (secondary N) is 2. The van der Waals surface area contributed by atoms with Crippen molar-refractivity contribution in [2.75, 3.05) is 11.9 Å². The molecule has 1 rings (SSSR count). The molecule has 5 nitrogen and oxygen atoms in total. The lowest BCUT2D eigenvalue weighted by molar-refractivity contribution is 0.227. The highest BCUT2D eigenvalue weighted by molar-refractivity contribution is 7.13. The standard InChI is InChI=1S/C11H19N3O2S/c1-7(2)9(4-5-15)13-10(16)14-11-12-8(3)6-17-11/h6-7,9,15H,4-5H2,1-3H3,(H2,12,13,14,16). The van der Waals surface area contributed by atoms with Crippen LogP contribution in [0, 0.1) is 12.8 Å². The largest absolute Gasteiger partial charge is 0.396 e. The molecular weight excluding hydrogens is 238 g/mol. The molecule has 0 radical (unpaired) electrons. The summed E-state index contributed by atoms with van der Waals surface area (Å²) in [5.74, 6) is 0.283. The maximum Gasteiger partial charge on any atom is 0.321 e. The van der Waals surface area contributed by atoms with Gasteiger partial charge in [0, 0.05) is 18.0 Å². The minimum absolute atomic E-state index is 0.0268. The third-order valence-corrected chi connectivity index (χ3v) is 3.28. The van der Waals surface area contributed by atoms with Gasteiger partial charge in [-0.1, -0.05) is 13.8 Å². The van der Waals surface area contributed by atoms with E-state index < -0.39 is 0 Å². The molecule has 1 aromatic heterocycles. The molecule has 0 aliphatic heterocycles. The monoisotopic (exact) mass is 257 g/mol. The zero-order valence-electron chi connectivity index (χ0n) is 10.4. The van der Waals surface area contributed by atoms with Crippen molar-refractivity contribution in [2.24, 2.45) is 5.92 Å². The molecule has 1 heterocycles. The highest BCUT2D eigenvalue weighted by Crippen LogP contribution is 2.14. The number of anilines is 1. The second-order valence-electron chi connectivity index (χ2n) is 4.26. The molecule has 2 amide bonds. The first kappa shape index (κ1) is 13.9. The van der Waals surface area contributed by atoms with Gasteiger partial charge in [0.05, 0.1) is 5.69 Å². The van der Waals surface area contributed by atoms with Gasteiger partial charge in [-0.05, 0) is 19.3 Å². The Hall–Kier alpha value is -1.14. The lowest BCUT2D eigenvalue weighted by Gasteiger charge is -2.21. The number of aliphatic hydroxyl groups is 1. The second kappa shape index (κ2) is 6.56. The van der Waals surface area contributed by atoms with Gasteiger partial charge in [0.25, 0.3) is 0 Å². The number of nitrogens with zero attached hydrogens (tertiary/aromatic N) is 1. The van der Waals surface area contributed by atoms with Gasteiger partial charge < -0.3 is 10.4 Å². The van der Waals surface area contributed by atoms with E-state index in [0.29, 0.717) is 11.6 Å². The van der Waals surface area contributed by atoms with E-state index in [1.54, 1.807) is 0 Å². The fourth-order valence-electron chi connectivity index (χ4n) is 1.42. The van der Waals surface area contributed by atoms with Crippen LogP contribution in [-0.4, -0.2) is 28.8 Å². The summed E-state index contributed by atoms with van der Waals surface area (Å²) in [6.07, 6.45) is 0.558. The Morgan fingerprint density at radius 3 is 2.76 bits per heavy atom. The van der Waals surface area contributed by atoms with Crippen LogP contribution in [0.15, 0.2) is 5.38 Å². The minimum Gasteiger partial charge on any atom is -0.396 e. The number of rotatable bonds is 5. The summed E-state index contributed by atoms with van der Waals surface area (Å²) >= 11 is 1.39. The summed E-state index contributed by atoms with van der Waals surface area (Å²) < 4.78 is 0. The quantitative estimate of drug-likeness (QED) is 0.755. The van der Waals surface area contributed by atoms with Crippen molar-refractivity contribution in [2.45, 2.75) is 33.2 Å². The third kappa shape index (κ3) is 4.70. The first-order valence-corrected chi connectivity index (χ1v) is 6.51. The van der Waals surface area contributed by atoms with Gasteiger partial charge in [0.1, 0.15) is 0 Å². The number of thiazole rings is 1. The molecule has 0 fully saturated rings. The van der Waals surface area contributed by atoms with Crippen LogP contribution in [0.2, 0.25) is 0 Å². The number of hydrogen-bond acceptors (Lipinski definition) is 4. The Morgan fingerprint density at radius 2 is 2.29 bits per heavy atom. The predicted molar refractivity (Wildman–Crippen MR) is 69.3 cm³/mol. The molecule has 3 N–H and O–H groups in total. The van der Waals surface area contributed by atoms with Gasteiger partial charge in [0.2, 0.25) is 0 Å². The van der Waals surface area contributed by atoms with Crippen molar-refractivity contribution in [1.82, 2.24) is 10.3 Å². The molecule has 1 aromatic rings. The van der Waals surface area contributed by atoms with E-state index in [1.807, 2.05) is 26.2 Å². The molecular formula is C11H19N3O2S. The molecule has 0 aromatic carbocycles. The van der Waals surface area contributed by atoms with Crippen LogP contribution >= 0.6 is 11.3 Å². The van der Waals surface area contributed by atoms with Crippen LogP contribution < -0.4 is 10.6 Å². The van der Waals surface area contributed by atoms with Gasteiger partial charge in [-0.3, -0.25) is 5.32 Å². The second-order valence-corrected chi connectivity index (χ2v) is 5.11. The average molecular weight is 257 g/mol. The zero-order chi connectivity index (χ0) is 12.8. The highest BCUT2D eigenvalue weighted by Gasteiger charge is 2.16. The van der Waals surface area contributed by atoms with E-state index in [-0.39, 0.29) is 24.6 Å². The summed E-state index contributed by atoms with van der Waals surface area (Å²) in [5.41, 5.74) is 0.890. The highest BCUT2D eigenvalue weighted by atomic mass is 32.1. The first-order chi connectivity index (χ1) is 8.02. The number of aromatic nitrogens is 1. The topological polar surface area (TPSA) is 74.2 Å². The van der Waals surface area contributed by atoms with E-state index in [1.165, 1.54) is 11.3 Å². The van der Waals surface area contributed by atoms with Crippen molar-refractivity contribution in [1.29, 1.82) is 0 Å². The van der Waals surface area contributed by atoms with Crippen LogP contribution in [0.25, 0.3) is 0 Å². The summed E-state index contributed by atoms with van der Waals surface area (Å²) in [7, 11) is 0. The third-order valence-electron chi connectivity index (χ3n) is 2.40. The number of urea groups is 1. The smallest absolute Gasteiger partial charge is 0.321 e. The Balaban J connectivity index is 2.47. The Labute approximate surface area is 105 Å². The maximum absolute atomic E-state index is 11.7. The number of carbonyl (C=O) groups excluding carboxylic acids is 1. The number of amides is 2. The molecule has 1 unspecified atom stereocenters. The van der Waals surface area contributed by atoms with Crippen LogP contribution in [-0.2, 0) is 0 Å². The van der Waals surface area contributed by atoms with Gasteiger partial charge in [-0.15, -0.1) is 11.3 Å². The Kier molecular flexibility index (Phi) is 5.37. The van der Waals surface area contributed by atoms with E-state index >= 15 is 0 Å². The van der Waals surface area contributed by atoms with Gasteiger partial charge in [0.15, 0.2) is 5.13 Å². The fraction of sp³-hybridized carbons (Fsp3) is 0.636. The van der Waals surface area contributed by atoms with E-state index in [2.05, 4.69) is 15.6 Å². The van der Waals surface area contributed by atoms with Crippen LogP contribution in [0.5, 0.6) is 0 Å². The number of aryl methyl sites for hydroxylation is 1. The summed E-state index contributed by atoms with van der Waals surface area (Å²) in [5, 5.41) is 16.9. The molecule has 0 aliphatic carbocycles. The fourth-order valence-corrected chi connectivity index (χ4v) is 2.11. The van der Waals surface area contributed by atoms with Crippen molar-refractivity contribution in [3.05, 3.63) is 11.1 Å². The molecule has 0 aliphatic rings. The van der Waals surface area contributed by atoms with Crippen LogP contribution in [0.1, 0.15) is 26.0 Å². The maximum atomic E-state index is 11.7. The van der Waals surface area contributed by atoms with Gasteiger partial charge in [-0.2, -0.15) is 0 Å². The molecule has 17 heavy (non-hydrogen) atoms. The number of carbonyl (C=O) groups is 1. The van der Waals surface area contributed by atoms with Crippen molar-refractivity contribution < 1.29 is 9.90 Å². The van der Waals surface area contributed by atoms with Gasteiger partial charge >= 0.3 is 6.03 Å². The average Bonchev–Trinajstić information content (AvgIpc) is 2.63. The summed E-state index contributed by atoms with van der Waals surface area (Å²) in [6.45, 7) is 5.96. The lowest BCUT2D eigenvalue weighted by atomic mass is 10.0. The normalized spacial score (nSPS) is 12.5. The molecule has 0 spiro atoms. The van der Waals surface area contributed by atoms with E-state index in [0.717, 1.165) is 5.69 Å². The predicted octanol–water partition coefficient (Wildman–Crippen LogP) is 1.98. The molecule has 0 saturated heterocycles. The van der Waals surface area contributed by atoms with Crippen molar-refractivity contribution in [3.8, 4) is 0 Å². The van der Waals surface area contributed by atoms with Crippen molar-refractivity contribution in [3.63, 3.8) is 0 Å². The first-order valence-electron chi connectivity index (χ1n) is 5.63. The lowest BCUT2D eigenvalue weighted by Crippen LogP contribution is -2.41. The number of aliphatic hydroxyl groups excluding tert-OH is 1. The van der Waals surface area contributed by atoms with Crippen LogP contribution in [0.3, 0.4) is 0 Å². The van der Waals surface area contributed by atoms with Gasteiger partial charge in [-0.25, -0.2) is 9.78 Å². The SMILES string of the molecule is Cc1csc(NC(=O)NC(CCO)C(C)C)n1. The molecule has 96 valence electrons. The molecule has 1 atom stereocenters. The van der Waals surface area contributed by atoms with E-state index in [9.17, 15) is 4.79 Å². The zero-order valence-corrected chi connectivity index (χ0v) is 11.2. The molecule has 0 saturated carbocycles. The van der Waals surface area contributed by atoms with E-state index in [4.69, 9.17) is 5.11 Å². The van der Waals surface area contributed by atoms with Crippen LogP contribution in [0.4, 0.5) is 9.93 Å². The van der Waals surface area contributed by atoms with Crippen molar-refractivity contribution >= 4 is 22.5 Å². The Morgan fingerprint density at radius 1 is 1.59 bits per heavy atom.